The van der Waals surface area contributed by atoms with Gasteiger partial charge in [0.2, 0.25) is 5.91 Å². The highest BCUT2D eigenvalue weighted by atomic mass is 32.2. The molecule has 0 aliphatic heterocycles. The number of hydrogen-bond donors (Lipinski definition) is 2. The minimum absolute atomic E-state index is 0.0625. The van der Waals surface area contributed by atoms with Crippen molar-refractivity contribution in [2.24, 2.45) is 11.7 Å². The Balaban J connectivity index is 1.83. The molecular weight excluding hydrogens is 244 g/mol. The van der Waals surface area contributed by atoms with Crippen molar-refractivity contribution in [3.63, 3.8) is 0 Å². The summed E-state index contributed by atoms with van der Waals surface area (Å²) < 4.78 is 0.288. The van der Waals surface area contributed by atoms with E-state index in [4.69, 9.17) is 5.73 Å². The maximum Gasteiger partial charge on any atom is 0.224 e. The molecule has 4 heteroatoms. The molecule has 2 fully saturated rings. The largest absolute Gasteiger partial charge is 0.354 e. The summed E-state index contributed by atoms with van der Waals surface area (Å²) in [6.45, 7) is 0.830. The van der Waals surface area contributed by atoms with Crippen LogP contribution in [0.1, 0.15) is 51.4 Å². The van der Waals surface area contributed by atoms with Crippen molar-refractivity contribution in [1.29, 1.82) is 0 Å². The molecule has 3 N–H and O–H groups in total. The third-order valence-corrected chi connectivity index (χ3v) is 6.11. The lowest BCUT2D eigenvalue weighted by molar-refractivity contribution is -0.125. The number of thioether (sulfide) groups is 1. The van der Waals surface area contributed by atoms with Gasteiger partial charge in [0.1, 0.15) is 0 Å². The Morgan fingerprint density at radius 3 is 2.56 bits per heavy atom. The Kier molecular flexibility index (Phi) is 4.96. The molecule has 104 valence electrons. The van der Waals surface area contributed by atoms with Crippen LogP contribution >= 0.6 is 11.8 Å². The zero-order valence-electron chi connectivity index (χ0n) is 11.4. The highest BCUT2D eigenvalue weighted by Gasteiger charge is 2.34. The molecule has 1 amide bonds. The quantitative estimate of drug-likeness (QED) is 0.824. The van der Waals surface area contributed by atoms with Gasteiger partial charge in [-0.3, -0.25) is 4.79 Å². The van der Waals surface area contributed by atoms with E-state index in [-0.39, 0.29) is 22.6 Å². The average molecular weight is 270 g/mol. The second-order valence-corrected chi connectivity index (χ2v) is 7.14. The third kappa shape index (κ3) is 3.21. The first-order valence-corrected chi connectivity index (χ1v) is 8.48. The fourth-order valence-electron chi connectivity index (χ4n) is 3.34. The SMILES string of the molecule is CSC1(CNC(=O)C2CCCC2N)CCCCC1. The van der Waals surface area contributed by atoms with E-state index in [2.05, 4.69) is 11.6 Å². The Bertz CT molecular complexity index is 290. The van der Waals surface area contributed by atoms with Gasteiger partial charge in [0, 0.05) is 17.3 Å². The van der Waals surface area contributed by atoms with Gasteiger partial charge in [-0.15, -0.1) is 0 Å². The van der Waals surface area contributed by atoms with E-state index >= 15 is 0 Å². The van der Waals surface area contributed by atoms with E-state index in [0.29, 0.717) is 0 Å². The molecule has 2 aliphatic carbocycles. The molecule has 0 bridgehead atoms. The second kappa shape index (κ2) is 6.29. The van der Waals surface area contributed by atoms with E-state index in [1.54, 1.807) is 0 Å². The van der Waals surface area contributed by atoms with E-state index in [9.17, 15) is 4.79 Å². The summed E-state index contributed by atoms with van der Waals surface area (Å²) in [5.41, 5.74) is 5.99. The molecule has 0 radical (unpaired) electrons. The monoisotopic (exact) mass is 270 g/mol. The van der Waals surface area contributed by atoms with Gasteiger partial charge in [-0.05, 0) is 31.9 Å². The fraction of sp³-hybridized carbons (Fsp3) is 0.929. The first kappa shape index (κ1) is 14.2. The topological polar surface area (TPSA) is 55.1 Å². The molecular formula is C14H26N2OS. The number of amides is 1. The van der Waals surface area contributed by atoms with Gasteiger partial charge < -0.3 is 11.1 Å². The van der Waals surface area contributed by atoms with Gasteiger partial charge in [0.15, 0.2) is 0 Å². The second-order valence-electron chi connectivity index (χ2n) is 5.87. The molecule has 0 saturated heterocycles. The van der Waals surface area contributed by atoms with Crippen molar-refractivity contribution in [2.75, 3.05) is 12.8 Å². The van der Waals surface area contributed by atoms with Crippen LogP contribution in [0.5, 0.6) is 0 Å². The van der Waals surface area contributed by atoms with Gasteiger partial charge in [-0.25, -0.2) is 0 Å². The van der Waals surface area contributed by atoms with Crippen molar-refractivity contribution in [2.45, 2.75) is 62.2 Å². The van der Waals surface area contributed by atoms with Gasteiger partial charge in [0.25, 0.3) is 0 Å². The molecule has 2 rings (SSSR count). The summed E-state index contributed by atoms with van der Waals surface area (Å²) in [4.78, 5) is 12.2. The van der Waals surface area contributed by atoms with Crippen molar-refractivity contribution in [3.05, 3.63) is 0 Å². The molecule has 2 unspecified atom stereocenters. The standard InChI is InChI=1S/C14H26N2OS/c1-18-14(8-3-2-4-9-14)10-16-13(17)11-6-5-7-12(11)15/h11-12H,2-10,15H2,1H3,(H,16,17). The van der Waals surface area contributed by atoms with Gasteiger partial charge in [-0.1, -0.05) is 25.7 Å². The molecule has 0 aromatic heterocycles. The number of carbonyl (C=O) groups excluding carboxylic acids is 1. The van der Waals surface area contributed by atoms with E-state index < -0.39 is 0 Å². The molecule has 2 saturated carbocycles. The van der Waals surface area contributed by atoms with Crippen LogP contribution in [0.2, 0.25) is 0 Å². The van der Waals surface area contributed by atoms with Crippen molar-refractivity contribution in [1.82, 2.24) is 5.32 Å². The van der Waals surface area contributed by atoms with Crippen molar-refractivity contribution in [3.8, 4) is 0 Å². The lowest BCUT2D eigenvalue weighted by atomic mass is 9.88. The number of hydrogen-bond acceptors (Lipinski definition) is 3. The van der Waals surface area contributed by atoms with Crippen LogP contribution in [0.15, 0.2) is 0 Å². The lowest BCUT2D eigenvalue weighted by Gasteiger charge is -2.36. The van der Waals surface area contributed by atoms with Crippen LogP contribution in [0.25, 0.3) is 0 Å². The summed E-state index contributed by atoms with van der Waals surface area (Å²) in [6, 6.07) is 0.0848. The minimum Gasteiger partial charge on any atom is -0.354 e. The van der Waals surface area contributed by atoms with Crippen LogP contribution in [0.4, 0.5) is 0 Å². The predicted octanol–water partition coefficient (Wildman–Crippen LogP) is 2.30. The number of nitrogens with one attached hydrogen (secondary N) is 1. The highest BCUT2D eigenvalue weighted by Crippen LogP contribution is 2.38. The maximum atomic E-state index is 12.2. The maximum absolute atomic E-state index is 12.2. The summed E-state index contributed by atoms with van der Waals surface area (Å²) in [7, 11) is 0. The lowest BCUT2D eigenvalue weighted by Crippen LogP contribution is -2.46. The summed E-state index contributed by atoms with van der Waals surface area (Å²) in [5, 5.41) is 3.18. The van der Waals surface area contributed by atoms with Crippen molar-refractivity contribution >= 4 is 17.7 Å². The first-order valence-electron chi connectivity index (χ1n) is 7.25. The number of nitrogens with two attached hydrogens (primary N) is 1. The molecule has 0 spiro atoms. The summed E-state index contributed by atoms with van der Waals surface area (Å²) >= 11 is 1.93. The smallest absolute Gasteiger partial charge is 0.224 e. The average Bonchev–Trinajstić information content (AvgIpc) is 2.83. The number of carbonyl (C=O) groups is 1. The molecule has 2 aliphatic rings. The first-order chi connectivity index (χ1) is 8.67. The zero-order chi connectivity index (χ0) is 13.0. The molecule has 18 heavy (non-hydrogen) atoms. The van der Waals surface area contributed by atoms with Crippen molar-refractivity contribution < 1.29 is 4.79 Å². The van der Waals surface area contributed by atoms with E-state index in [0.717, 1.165) is 25.8 Å². The van der Waals surface area contributed by atoms with Gasteiger partial charge in [-0.2, -0.15) is 11.8 Å². The Labute approximate surface area is 115 Å². The molecule has 0 aromatic rings. The minimum atomic E-state index is 0.0625. The molecule has 2 atom stereocenters. The Morgan fingerprint density at radius 1 is 1.28 bits per heavy atom. The molecule has 0 heterocycles. The van der Waals surface area contributed by atoms with Crippen LogP contribution in [-0.2, 0) is 4.79 Å². The number of rotatable bonds is 4. The molecule has 0 aromatic carbocycles. The van der Waals surface area contributed by atoms with Crippen LogP contribution < -0.4 is 11.1 Å². The Hall–Kier alpha value is -0.220. The Morgan fingerprint density at radius 2 is 2.00 bits per heavy atom. The fourth-order valence-corrected chi connectivity index (χ4v) is 4.26. The predicted molar refractivity (Wildman–Crippen MR) is 77.7 cm³/mol. The van der Waals surface area contributed by atoms with Crippen LogP contribution in [0, 0.1) is 5.92 Å². The van der Waals surface area contributed by atoms with Crippen LogP contribution in [-0.4, -0.2) is 29.5 Å². The normalized spacial score (nSPS) is 31.2. The highest BCUT2D eigenvalue weighted by molar-refractivity contribution is 8.00. The van der Waals surface area contributed by atoms with Crippen LogP contribution in [0.3, 0.4) is 0 Å². The zero-order valence-corrected chi connectivity index (χ0v) is 12.2. The summed E-state index contributed by atoms with van der Waals surface area (Å²) in [6.07, 6.45) is 11.7. The van der Waals surface area contributed by atoms with E-state index in [1.807, 2.05) is 11.8 Å². The third-order valence-electron chi connectivity index (χ3n) is 4.69. The molecule has 3 nitrogen and oxygen atoms in total. The van der Waals surface area contributed by atoms with Gasteiger partial charge in [0.05, 0.1) is 5.92 Å². The summed E-state index contributed by atoms with van der Waals surface area (Å²) in [5.74, 6) is 0.256. The van der Waals surface area contributed by atoms with Gasteiger partial charge >= 0.3 is 0 Å². The van der Waals surface area contributed by atoms with E-state index in [1.165, 1.54) is 32.1 Å².